The molecule has 0 spiro atoms. The first-order chi connectivity index (χ1) is 9.10. The van der Waals surface area contributed by atoms with E-state index < -0.39 is 12.0 Å². The predicted molar refractivity (Wildman–Crippen MR) is 70.4 cm³/mol. The summed E-state index contributed by atoms with van der Waals surface area (Å²) in [5.74, 6) is 0.0878. The molecule has 0 bridgehead atoms. The van der Waals surface area contributed by atoms with Crippen molar-refractivity contribution in [1.82, 2.24) is 5.32 Å². The second kappa shape index (κ2) is 6.45. The Bertz CT molecular complexity index is 431. The Morgan fingerprint density at radius 3 is 2.50 bits per heavy atom. The zero-order valence-electron chi connectivity index (χ0n) is 11.8. The third-order valence-electron chi connectivity index (χ3n) is 2.71. The highest BCUT2D eigenvalue weighted by Crippen LogP contribution is 2.27. The van der Waals surface area contributed by atoms with Crippen LogP contribution in [0.4, 0.5) is 13.2 Å². The zero-order valence-corrected chi connectivity index (χ0v) is 11.8. The number of nitrogens with one attached hydrogen (secondary N) is 1. The van der Waals surface area contributed by atoms with Gasteiger partial charge in [-0.05, 0) is 37.1 Å². The fraction of sp³-hybridized carbons (Fsp3) is 0.571. The zero-order chi connectivity index (χ0) is 15.4. The van der Waals surface area contributed by atoms with Crippen LogP contribution < -0.4 is 10.1 Å². The molecule has 0 fully saturated rings. The van der Waals surface area contributed by atoms with Crippen molar-refractivity contribution in [3.05, 3.63) is 29.8 Å². The minimum absolute atomic E-state index is 0.251. The third-order valence-corrected chi connectivity index (χ3v) is 2.71. The monoisotopic (exact) mass is 291 g/mol. The molecular weight excluding hydrogens is 271 g/mol. The predicted octanol–water partition coefficient (Wildman–Crippen LogP) is 3.04. The van der Waals surface area contributed by atoms with Gasteiger partial charge in [-0.3, -0.25) is 0 Å². The molecule has 0 radical (unpaired) electrons. The normalized spacial score (nSPS) is 15.2. The van der Waals surface area contributed by atoms with E-state index in [-0.39, 0.29) is 12.3 Å². The van der Waals surface area contributed by atoms with Crippen LogP contribution in [0, 0.1) is 5.92 Å². The average Bonchev–Trinajstić information content (AvgIpc) is 2.26. The SMILES string of the molecule is CC(C)CNCC(C)(O)c1cccc(OC(F)(F)F)c1. The van der Waals surface area contributed by atoms with Gasteiger partial charge in [0.05, 0.1) is 5.60 Å². The van der Waals surface area contributed by atoms with Crippen LogP contribution >= 0.6 is 0 Å². The maximum Gasteiger partial charge on any atom is 0.573 e. The first kappa shape index (κ1) is 16.8. The van der Waals surface area contributed by atoms with E-state index in [2.05, 4.69) is 10.1 Å². The maximum absolute atomic E-state index is 12.2. The molecule has 1 aromatic rings. The molecule has 0 aromatic heterocycles. The molecular formula is C14H20F3NO2. The molecule has 0 saturated carbocycles. The van der Waals surface area contributed by atoms with Crippen molar-refractivity contribution in [3.63, 3.8) is 0 Å². The molecule has 2 N–H and O–H groups in total. The molecule has 1 unspecified atom stereocenters. The molecule has 1 rings (SSSR count). The summed E-state index contributed by atoms with van der Waals surface area (Å²) in [6.07, 6.45) is -4.74. The molecule has 1 atom stereocenters. The van der Waals surface area contributed by atoms with Crippen molar-refractivity contribution in [1.29, 1.82) is 0 Å². The standard InChI is InChI=1S/C14H20F3NO2/c1-10(2)8-18-9-13(3,19)11-5-4-6-12(7-11)20-14(15,16)17/h4-7,10,18-19H,8-9H2,1-3H3. The van der Waals surface area contributed by atoms with Crippen molar-refractivity contribution < 1.29 is 23.0 Å². The van der Waals surface area contributed by atoms with Gasteiger partial charge in [0.25, 0.3) is 0 Å². The van der Waals surface area contributed by atoms with Gasteiger partial charge in [-0.2, -0.15) is 0 Å². The molecule has 1 aromatic carbocycles. The highest BCUT2D eigenvalue weighted by molar-refractivity contribution is 5.32. The fourth-order valence-electron chi connectivity index (χ4n) is 1.73. The first-order valence-corrected chi connectivity index (χ1v) is 6.39. The number of halogens is 3. The number of hydrogen-bond donors (Lipinski definition) is 2. The Hall–Kier alpha value is -1.27. The van der Waals surface area contributed by atoms with Crippen molar-refractivity contribution >= 4 is 0 Å². The topological polar surface area (TPSA) is 41.5 Å². The molecule has 3 nitrogen and oxygen atoms in total. The summed E-state index contributed by atoms with van der Waals surface area (Å²) in [6, 6.07) is 5.40. The van der Waals surface area contributed by atoms with Crippen LogP contribution in [0.2, 0.25) is 0 Å². The van der Waals surface area contributed by atoms with E-state index in [0.717, 1.165) is 6.54 Å². The lowest BCUT2D eigenvalue weighted by atomic mass is 9.95. The lowest BCUT2D eigenvalue weighted by Crippen LogP contribution is -2.37. The van der Waals surface area contributed by atoms with Crippen LogP contribution in [0.3, 0.4) is 0 Å². The summed E-state index contributed by atoms with van der Waals surface area (Å²) in [5, 5.41) is 13.4. The van der Waals surface area contributed by atoms with Crippen molar-refractivity contribution in [2.24, 2.45) is 5.92 Å². The van der Waals surface area contributed by atoms with Crippen LogP contribution in [-0.4, -0.2) is 24.6 Å². The summed E-state index contributed by atoms with van der Waals surface area (Å²) in [6.45, 7) is 6.57. The van der Waals surface area contributed by atoms with Gasteiger partial charge in [0.2, 0.25) is 0 Å². The number of hydrogen-bond acceptors (Lipinski definition) is 3. The van der Waals surface area contributed by atoms with E-state index >= 15 is 0 Å². The number of alkyl halides is 3. The summed E-state index contributed by atoms with van der Waals surface area (Å²) in [4.78, 5) is 0. The Morgan fingerprint density at radius 2 is 1.95 bits per heavy atom. The molecule has 0 amide bonds. The highest BCUT2D eigenvalue weighted by atomic mass is 19.4. The minimum atomic E-state index is -4.74. The van der Waals surface area contributed by atoms with Crippen molar-refractivity contribution in [2.45, 2.75) is 32.7 Å². The van der Waals surface area contributed by atoms with Gasteiger partial charge in [-0.15, -0.1) is 13.2 Å². The Morgan fingerprint density at radius 1 is 1.30 bits per heavy atom. The number of rotatable bonds is 6. The number of aliphatic hydroxyl groups is 1. The van der Waals surface area contributed by atoms with E-state index in [9.17, 15) is 18.3 Å². The number of ether oxygens (including phenoxy) is 1. The second-order valence-electron chi connectivity index (χ2n) is 5.37. The van der Waals surface area contributed by atoms with Gasteiger partial charge in [-0.25, -0.2) is 0 Å². The molecule has 0 aliphatic heterocycles. The minimum Gasteiger partial charge on any atom is -0.406 e. The molecule has 0 heterocycles. The average molecular weight is 291 g/mol. The van der Waals surface area contributed by atoms with E-state index in [0.29, 0.717) is 11.5 Å². The van der Waals surface area contributed by atoms with Gasteiger partial charge in [-0.1, -0.05) is 26.0 Å². The number of benzene rings is 1. The van der Waals surface area contributed by atoms with Crippen LogP contribution in [0.5, 0.6) is 5.75 Å². The molecule has 20 heavy (non-hydrogen) atoms. The van der Waals surface area contributed by atoms with Crippen LogP contribution in [-0.2, 0) is 5.60 Å². The molecule has 114 valence electrons. The summed E-state index contributed by atoms with van der Waals surface area (Å²) in [7, 11) is 0. The lowest BCUT2D eigenvalue weighted by molar-refractivity contribution is -0.274. The van der Waals surface area contributed by atoms with Gasteiger partial charge in [0.1, 0.15) is 5.75 Å². The van der Waals surface area contributed by atoms with Crippen LogP contribution in [0.15, 0.2) is 24.3 Å². The Labute approximate surface area is 116 Å². The van der Waals surface area contributed by atoms with Gasteiger partial charge in [0.15, 0.2) is 0 Å². The van der Waals surface area contributed by atoms with Crippen molar-refractivity contribution in [2.75, 3.05) is 13.1 Å². The van der Waals surface area contributed by atoms with Gasteiger partial charge < -0.3 is 15.2 Å². The van der Waals surface area contributed by atoms with Gasteiger partial charge >= 0.3 is 6.36 Å². The Kier molecular flexibility index (Phi) is 5.42. The molecule has 0 aliphatic rings. The Balaban J connectivity index is 2.76. The van der Waals surface area contributed by atoms with Gasteiger partial charge in [0, 0.05) is 6.54 Å². The van der Waals surface area contributed by atoms with Crippen LogP contribution in [0.1, 0.15) is 26.3 Å². The summed E-state index contributed by atoms with van der Waals surface area (Å²) in [5.41, 5.74) is -0.893. The maximum atomic E-state index is 12.2. The fourth-order valence-corrected chi connectivity index (χ4v) is 1.73. The molecule has 0 aliphatic carbocycles. The third kappa shape index (κ3) is 5.79. The quantitative estimate of drug-likeness (QED) is 0.846. The summed E-state index contributed by atoms with van der Waals surface area (Å²) >= 11 is 0. The van der Waals surface area contributed by atoms with E-state index in [1.54, 1.807) is 13.0 Å². The lowest BCUT2D eigenvalue weighted by Gasteiger charge is -2.25. The van der Waals surface area contributed by atoms with Crippen molar-refractivity contribution in [3.8, 4) is 5.75 Å². The first-order valence-electron chi connectivity index (χ1n) is 6.39. The highest BCUT2D eigenvalue weighted by Gasteiger charge is 2.32. The smallest absolute Gasteiger partial charge is 0.406 e. The largest absolute Gasteiger partial charge is 0.573 e. The van der Waals surface area contributed by atoms with E-state index in [4.69, 9.17) is 0 Å². The molecule has 6 heteroatoms. The summed E-state index contributed by atoms with van der Waals surface area (Å²) < 4.78 is 40.3. The van der Waals surface area contributed by atoms with Crippen LogP contribution in [0.25, 0.3) is 0 Å². The molecule has 0 saturated heterocycles. The second-order valence-corrected chi connectivity index (χ2v) is 5.37. The van der Waals surface area contributed by atoms with E-state index in [1.807, 2.05) is 13.8 Å². The van der Waals surface area contributed by atoms with E-state index in [1.165, 1.54) is 18.2 Å².